The summed E-state index contributed by atoms with van der Waals surface area (Å²) in [4.78, 5) is 24.1. The first-order valence-electron chi connectivity index (χ1n) is 8.38. The topological polar surface area (TPSA) is 74.4 Å². The van der Waals surface area contributed by atoms with Crippen LogP contribution in [0.2, 0.25) is 0 Å². The second kappa shape index (κ2) is 6.81. The lowest BCUT2D eigenvalue weighted by atomic mass is 10.1. The van der Waals surface area contributed by atoms with Gasteiger partial charge in [0.2, 0.25) is 0 Å². The molecule has 0 unspecified atom stereocenters. The molecule has 7 heteroatoms. The van der Waals surface area contributed by atoms with Crippen molar-refractivity contribution in [3.8, 4) is 11.3 Å². The van der Waals surface area contributed by atoms with E-state index >= 15 is 0 Å². The van der Waals surface area contributed by atoms with Crippen LogP contribution < -0.4 is 0 Å². The fraction of sp³-hybridized carbons (Fsp3) is 0.250. The van der Waals surface area contributed by atoms with Crippen LogP contribution in [0, 0.1) is 17.0 Å². The van der Waals surface area contributed by atoms with Crippen LogP contribution in [-0.4, -0.2) is 21.2 Å². The van der Waals surface area contributed by atoms with Crippen LogP contribution in [0.15, 0.2) is 46.9 Å². The lowest BCUT2D eigenvalue weighted by Gasteiger charge is -2.21. The number of carbonyl (C=O) groups excluding carboxylic acids is 1. The Hall–Kier alpha value is -2.67. The van der Waals surface area contributed by atoms with E-state index in [4.69, 9.17) is 4.74 Å². The van der Waals surface area contributed by atoms with E-state index in [1.807, 2.05) is 25.1 Å². The van der Waals surface area contributed by atoms with E-state index in [1.165, 1.54) is 10.6 Å². The number of nitrogens with zero attached hydrogens (tertiary/aromatic N) is 2. The molecule has 0 aliphatic heterocycles. The summed E-state index contributed by atoms with van der Waals surface area (Å²) in [6.45, 7) is 7.28. The number of carbonyl (C=O) groups is 1. The molecule has 27 heavy (non-hydrogen) atoms. The molecule has 0 aliphatic carbocycles. The average Bonchev–Trinajstić information content (AvgIpc) is 2.85. The Morgan fingerprint density at radius 2 is 1.85 bits per heavy atom. The van der Waals surface area contributed by atoms with Crippen molar-refractivity contribution in [2.45, 2.75) is 33.3 Å². The Morgan fingerprint density at radius 3 is 2.48 bits per heavy atom. The van der Waals surface area contributed by atoms with E-state index in [2.05, 4.69) is 15.9 Å². The minimum absolute atomic E-state index is 0.0810. The maximum absolute atomic E-state index is 13.0. The van der Waals surface area contributed by atoms with Gasteiger partial charge in [0.05, 0.1) is 26.2 Å². The van der Waals surface area contributed by atoms with Crippen LogP contribution in [-0.2, 0) is 4.74 Å². The maximum atomic E-state index is 13.0. The Kier molecular flexibility index (Phi) is 4.82. The van der Waals surface area contributed by atoms with Crippen molar-refractivity contribution in [1.29, 1.82) is 0 Å². The highest BCUT2D eigenvalue weighted by Gasteiger charge is 2.29. The summed E-state index contributed by atoms with van der Waals surface area (Å²) < 4.78 is 7.58. The van der Waals surface area contributed by atoms with Gasteiger partial charge in [-0.15, -0.1) is 0 Å². The molecule has 0 fully saturated rings. The van der Waals surface area contributed by atoms with Gasteiger partial charge in [0.15, 0.2) is 0 Å². The molecule has 0 amide bonds. The zero-order chi connectivity index (χ0) is 19.9. The van der Waals surface area contributed by atoms with Gasteiger partial charge in [-0.1, -0.05) is 23.8 Å². The quantitative estimate of drug-likeness (QED) is 0.365. The molecule has 140 valence electrons. The van der Waals surface area contributed by atoms with Gasteiger partial charge in [0.25, 0.3) is 5.69 Å². The molecule has 3 rings (SSSR count). The molecule has 0 N–H and O–H groups in total. The third kappa shape index (κ3) is 3.60. The minimum Gasteiger partial charge on any atom is -0.443 e. The number of ether oxygens (including phenoxy) is 1. The number of benzene rings is 2. The highest BCUT2D eigenvalue weighted by molar-refractivity contribution is 9.10. The normalized spacial score (nSPS) is 11.6. The third-order valence-electron chi connectivity index (χ3n) is 3.99. The maximum Gasteiger partial charge on any atom is 0.419 e. The summed E-state index contributed by atoms with van der Waals surface area (Å²) in [7, 11) is 0. The van der Waals surface area contributed by atoms with Gasteiger partial charge in [-0.3, -0.25) is 10.1 Å². The summed E-state index contributed by atoms with van der Waals surface area (Å²) >= 11 is 3.55. The molecule has 0 radical (unpaired) electrons. The van der Waals surface area contributed by atoms with Crippen LogP contribution >= 0.6 is 15.9 Å². The van der Waals surface area contributed by atoms with E-state index in [-0.39, 0.29) is 5.69 Å². The molecule has 3 aromatic rings. The highest BCUT2D eigenvalue weighted by Crippen LogP contribution is 2.41. The van der Waals surface area contributed by atoms with Crippen molar-refractivity contribution in [2.24, 2.45) is 0 Å². The van der Waals surface area contributed by atoms with Gasteiger partial charge < -0.3 is 4.74 Å². The summed E-state index contributed by atoms with van der Waals surface area (Å²) in [6, 6.07) is 12.0. The Bertz CT molecular complexity index is 1060. The summed E-state index contributed by atoms with van der Waals surface area (Å²) in [5.41, 5.74) is 1.59. The Morgan fingerprint density at radius 1 is 1.19 bits per heavy atom. The van der Waals surface area contributed by atoms with Crippen molar-refractivity contribution in [2.75, 3.05) is 0 Å². The van der Waals surface area contributed by atoms with Gasteiger partial charge in [-0.05, 0) is 61.8 Å². The number of rotatable bonds is 2. The van der Waals surface area contributed by atoms with Crippen LogP contribution in [0.1, 0.15) is 26.3 Å². The zero-order valence-corrected chi connectivity index (χ0v) is 17.0. The number of fused-ring (bicyclic) bond motifs is 1. The largest absolute Gasteiger partial charge is 0.443 e. The molecule has 0 bridgehead atoms. The molecule has 0 saturated heterocycles. The predicted molar refractivity (Wildman–Crippen MR) is 108 cm³/mol. The molecule has 0 atom stereocenters. The summed E-state index contributed by atoms with van der Waals surface area (Å²) in [5.74, 6) is 0. The lowest BCUT2D eigenvalue weighted by molar-refractivity contribution is -0.384. The van der Waals surface area contributed by atoms with Crippen molar-refractivity contribution >= 4 is 38.6 Å². The van der Waals surface area contributed by atoms with Crippen molar-refractivity contribution in [3.05, 3.63) is 62.6 Å². The number of hydrogen-bond acceptors (Lipinski definition) is 4. The van der Waals surface area contributed by atoms with Crippen molar-refractivity contribution in [3.63, 3.8) is 0 Å². The SMILES string of the molecule is Cc1ccc2c(c1)c(Br)c(-c1ccccc1[N+](=O)[O-])n2C(=O)OC(C)(C)C. The molecule has 0 saturated carbocycles. The molecule has 2 aromatic carbocycles. The molecule has 6 nitrogen and oxygen atoms in total. The molecule has 1 heterocycles. The molecular formula is C20H19BrN2O4. The van der Waals surface area contributed by atoms with E-state index in [9.17, 15) is 14.9 Å². The molecular weight excluding hydrogens is 412 g/mol. The Balaban J connectivity index is 2.39. The van der Waals surface area contributed by atoms with E-state index in [1.54, 1.807) is 39.0 Å². The lowest BCUT2D eigenvalue weighted by Crippen LogP contribution is -2.27. The van der Waals surface area contributed by atoms with Crippen LogP contribution in [0.3, 0.4) is 0 Å². The van der Waals surface area contributed by atoms with E-state index < -0.39 is 16.6 Å². The number of nitro groups is 1. The standard InChI is InChI=1S/C20H19BrN2O4/c1-12-9-10-15-14(11-12)17(21)18(22(15)19(24)27-20(2,3)4)13-7-5-6-8-16(13)23(25)26/h5-11H,1-4H3. The van der Waals surface area contributed by atoms with Crippen molar-refractivity contribution < 1.29 is 14.5 Å². The molecule has 0 spiro atoms. The zero-order valence-electron chi connectivity index (χ0n) is 15.4. The first-order chi connectivity index (χ1) is 12.6. The average molecular weight is 431 g/mol. The number of aromatic nitrogens is 1. The van der Waals surface area contributed by atoms with Gasteiger partial charge in [-0.2, -0.15) is 0 Å². The number of para-hydroxylation sites is 1. The van der Waals surface area contributed by atoms with Gasteiger partial charge in [0.1, 0.15) is 5.60 Å². The second-order valence-electron chi connectivity index (χ2n) is 7.27. The van der Waals surface area contributed by atoms with Gasteiger partial charge >= 0.3 is 6.09 Å². The first kappa shape index (κ1) is 19.1. The monoisotopic (exact) mass is 430 g/mol. The number of halogens is 1. The van der Waals surface area contributed by atoms with Crippen LogP contribution in [0.25, 0.3) is 22.2 Å². The minimum atomic E-state index is -0.704. The Labute approximate surface area is 165 Å². The smallest absolute Gasteiger partial charge is 0.419 e. The fourth-order valence-electron chi connectivity index (χ4n) is 2.94. The summed E-state index contributed by atoms with van der Waals surface area (Å²) in [6.07, 6.45) is -0.588. The van der Waals surface area contributed by atoms with Crippen LogP contribution in [0.5, 0.6) is 0 Å². The van der Waals surface area contributed by atoms with Crippen LogP contribution in [0.4, 0.5) is 10.5 Å². The van der Waals surface area contributed by atoms with Gasteiger partial charge in [0, 0.05) is 11.5 Å². The summed E-state index contributed by atoms with van der Waals surface area (Å²) in [5, 5.41) is 12.3. The third-order valence-corrected chi connectivity index (χ3v) is 4.80. The van der Waals surface area contributed by atoms with Crippen molar-refractivity contribution in [1.82, 2.24) is 4.57 Å². The highest BCUT2D eigenvalue weighted by atomic mass is 79.9. The predicted octanol–water partition coefficient (Wildman–Crippen LogP) is 6.07. The van der Waals surface area contributed by atoms with Gasteiger partial charge in [-0.25, -0.2) is 9.36 Å². The number of aryl methyl sites for hydroxylation is 1. The fourth-order valence-corrected chi connectivity index (χ4v) is 3.64. The number of nitro benzene ring substituents is 1. The second-order valence-corrected chi connectivity index (χ2v) is 8.07. The van der Waals surface area contributed by atoms with E-state index in [0.29, 0.717) is 21.2 Å². The van der Waals surface area contributed by atoms with E-state index in [0.717, 1.165) is 10.9 Å². The first-order valence-corrected chi connectivity index (χ1v) is 9.17. The molecule has 1 aromatic heterocycles. The molecule has 0 aliphatic rings. The number of hydrogen-bond donors (Lipinski definition) is 0.